The zero-order valence-corrected chi connectivity index (χ0v) is 20.2. The Bertz CT molecular complexity index is 1050. The van der Waals surface area contributed by atoms with Gasteiger partial charge in [-0.05, 0) is 16.7 Å². The van der Waals surface area contributed by atoms with Gasteiger partial charge in [0, 0.05) is 6.92 Å². The summed E-state index contributed by atoms with van der Waals surface area (Å²) in [5, 5.41) is 0. The van der Waals surface area contributed by atoms with E-state index in [1.165, 1.54) is 6.92 Å². The first-order chi connectivity index (χ1) is 17.6. The molecule has 0 radical (unpaired) electrons. The summed E-state index contributed by atoms with van der Waals surface area (Å²) in [5.74, 6) is -0.642. The van der Waals surface area contributed by atoms with Crippen LogP contribution in [0, 0.1) is 0 Å². The van der Waals surface area contributed by atoms with Crippen LogP contribution in [0.4, 0.5) is 4.39 Å². The summed E-state index contributed by atoms with van der Waals surface area (Å²) in [6.45, 7) is 2.07. The van der Waals surface area contributed by atoms with E-state index in [4.69, 9.17) is 23.7 Å². The lowest BCUT2D eigenvalue weighted by Gasteiger charge is -2.42. The van der Waals surface area contributed by atoms with Gasteiger partial charge >= 0.3 is 5.97 Å². The first-order valence-electron chi connectivity index (χ1n) is 12.0. The molecule has 0 aromatic heterocycles. The van der Waals surface area contributed by atoms with Gasteiger partial charge in [-0.2, -0.15) is 0 Å². The molecule has 0 unspecified atom stereocenters. The minimum atomic E-state index is -1.75. The summed E-state index contributed by atoms with van der Waals surface area (Å²) in [5.41, 5.74) is 2.81. The van der Waals surface area contributed by atoms with E-state index in [0.717, 1.165) is 16.7 Å². The molecule has 1 aliphatic heterocycles. The van der Waals surface area contributed by atoms with Crippen LogP contribution >= 0.6 is 0 Å². The molecule has 0 amide bonds. The van der Waals surface area contributed by atoms with Gasteiger partial charge in [-0.1, -0.05) is 91.0 Å². The fourth-order valence-electron chi connectivity index (χ4n) is 4.05. The van der Waals surface area contributed by atoms with Gasteiger partial charge in [0.2, 0.25) is 6.29 Å². The van der Waals surface area contributed by atoms with Crippen LogP contribution < -0.4 is 0 Å². The highest BCUT2D eigenvalue weighted by atomic mass is 19.1. The molecule has 3 aromatic carbocycles. The van der Waals surface area contributed by atoms with Crippen LogP contribution in [-0.4, -0.2) is 43.3 Å². The maximum Gasteiger partial charge on any atom is 0.305 e. The second-order valence-corrected chi connectivity index (χ2v) is 8.62. The number of alkyl halides is 1. The van der Waals surface area contributed by atoms with E-state index in [0.29, 0.717) is 6.61 Å². The molecule has 0 spiro atoms. The standard InChI is InChI=1S/C29H31FO6/c1-21(31)35-29-26(30)28(34-19-24-15-9-4-10-16-24)27(33-18-23-13-7-3-8-14-23)25(36-29)20-32-17-22-11-5-2-6-12-22/h2-16,25-29H,17-20H2,1H3/t25-,26-,27+,28-,29+/m1/s1. The molecule has 0 saturated carbocycles. The summed E-state index contributed by atoms with van der Waals surface area (Å²) >= 11 is 0. The monoisotopic (exact) mass is 494 g/mol. The van der Waals surface area contributed by atoms with Crippen LogP contribution in [0.3, 0.4) is 0 Å². The molecule has 7 heteroatoms. The first kappa shape index (κ1) is 26.0. The molecule has 3 aromatic rings. The molecule has 0 N–H and O–H groups in total. The zero-order valence-electron chi connectivity index (χ0n) is 20.2. The van der Waals surface area contributed by atoms with E-state index in [1.807, 2.05) is 91.0 Å². The van der Waals surface area contributed by atoms with Crippen molar-refractivity contribution < 1.29 is 32.9 Å². The largest absolute Gasteiger partial charge is 0.433 e. The van der Waals surface area contributed by atoms with Crippen LogP contribution in [-0.2, 0) is 48.3 Å². The van der Waals surface area contributed by atoms with Gasteiger partial charge in [0.25, 0.3) is 0 Å². The molecule has 0 bridgehead atoms. The first-order valence-corrected chi connectivity index (χ1v) is 12.0. The number of hydrogen-bond donors (Lipinski definition) is 0. The highest BCUT2D eigenvalue weighted by Crippen LogP contribution is 2.31. The van der Waals surface area contributed by atoms with E-state index >= 15 is 4.39 Å². The summed E-state index contributed by atoms with van der Waals surface area (Å²) in [6.07, 6.45) is -5.74. The summed E-state index contributed by atoms with van der Waals surface area (Å²) in [6, 6.07) is 28.8. The summed E-state index contributed by atoms with van der Waals surface area (Å²) in [4.78, 5) is 11.7. The molecule has 0 aliphatic carbocycles. The Hall–Kier alpha value is -3.10. The number of benzene rings is 3. The Morgan fingerprint density at radius 2 is 1.22 bits per heavy atom. The Morgan fingerprint density at radius 3 is 1.72 bits per heavy atom. The summed E-state index contributed by atoms with van der Waals surface area (Å²) in [7, 11) is 0. The second-order valence-electron chi connectivity index (χ2n) is 8.62. The molecule has 1 saturated heterocycles. The van der Waals surface area contributed by atoms with Crippen molar-refractivity contribution in [2.45, 2.75) is 57.5 Å². The van der Waals surface area contributed by atoms with Crippen molar-refractivity contribution in [3.63, 3.8) is 0 Å². The van der Waals surface area contributed by atoms with Crippen molar-refractivity contribution in [3.05, 3.63) is 108 Å². The van der Waals surface area contributed by atoms with Crippen molar-refractivity contribution in [2.24, 2.45) is 0 Å². The lowest BCUT2D eigenvalue weighted by Crippen LogP contribution is -2.59. The third-order valence-corrected chi connectivity index (χ3v) is 5.82. The van der Waals surface area contributed by atoms with E-state index < -0.39 is 36.7 Å². The molecular formula is C29H31FO6. The Labute approximate surface area is 210 Å². The highest BCUT2D eigenvalue weighted by Gasteiger charge is 2.49. The van der Waals surface area contributed by atoms with Crippen molar-refractivity contribution in [1.29, 1.82) is 0 Å². The highest BCUT2D eigenvalue weighted by molar-refractivity contribution is 5.66. The minimum absolute atomic E-state index is 0.101. The maximum absolute atomic E-state index is 15.7. The molecule has 190 valence electrons. The van der Waals surface area contributed by atoms with Crippen LogP contribution in [0.15, 0.2) is 91.0 Å². The lowest BCUT2D eigenvalue weighted by atomic mass is 9.99. The van der Waals surface area contributed by atoms with E-state index in [1.54, 1.807) is 0 Å². The van der Waals surface area contributed by atoms with Gasteiger partial charge in [0.15, 0.2) is 6.17 Å². The Balaban J connectivity index is 1.52. The minimum Gasteiger partial charge on any atom is -0.433 e. The number of carbonyl (C=O) groups excluding carboxylic acids is 1. The number of halogens is 1. The van der Waals surface area contributed by atoms with Crippen molar-refractivity contribution in [2.75, 3.05) is 6.61 Å². The predicted octanol–water partition coefficient (Wildman–Crippen LogP) is 5.00. The average molecular weight is 495 g/mol. The lowest BCUT2D eigenvalue weighted by molar-refractivity contribution is -0.297. The molecule has 1 aliphatic rings. The normalized spacial score (nSPS) is 23.8. The van der Waals surface area contributed by atoms with Crippen LogP contribution in [0.2, 0.25) is 0 Å². The van der Waals surface area contributed by atoms with Gasteiger partial charge in [0.05, 0.1) is 26.4 Å². The average Bonchev–Trinajstić information content (AvgIpc) is 2.90. The van der Waals surface area contributed by atoms with Crippen LogP contribution in [0.25, 0.3) is 0 Å². The van der Waals surface area contributed by atoms with E-state index in [-0.39, 0.29) is 19.8 Å². The molecule has 1 heterocycles. The quantitative estimate of drug-likeness (QED) is 0.350. The van der Waals surface area contributed by atoms with Crippen molar-refractivity contribution in [1.82, 2.24) is 0 Å². The van der Waals surface area contributed by atoms with Gasteiger partial charge in [0.1, 0.15) is 18.3 Å². The molecule has 5 atom stereocenters. The number of rotatable bonds is 11. The van der Waals surface area contributed by atoms with Crippen molar-refractivity contribution in [3.8, 4) is 0 Å². The molecule has 36 heavy (non-hydrogen) atoms. The molecule has 1 fully saturated rings. The van der Waals surface area contributed by atoms with Crippen molar-refractivity contribution >= 4 is 5.97 Å². The van der Waals surface area contributed by atoms with E-state index in [9.17, 15) is 4.79 Å². The third-order valence-electron chi connectivity index (χ3n) is 5.82. The molecule has 6 nitrogen and oxygen atoms in total. The fourth-order valence-corrected chi connectivity index (χ4v) is 4.05. The van der Waals surface area contributed by atoms with E-state index in [2.05, 4.69) is 0 Å². The predicted molar refractivity (Wildman–Crippen MR) is 131 cm³/mol. The van der Waals surface area contributed by atoms with Crippen LogP contribution in [0.1, 0.15) is 23.6 Å². The second kappa shape index (κ2) is 13.3. The third kappa shape index (κ3) is 7.45. The molecular weight excluding hydrogens is 463 g/mol. The molecule has 4 rings (SSSR count). The smallest absolute Gasteiger partial charge is 0.305 e. The van der Waals surface area contributed by atoms with Gasteiger partial charge in [-0.25, -0.2) is 4.39 Å². The summed E-state index contributed by atoms with van der Waals surface area (Å²) < 4.78 is 44.9. The number of ether oxygens (including phenoxy) is 5. The Morgan fingerprint density at radius 1 is 0.750 bits per heavy atom. The number of esters is 1. The maximum atomic E-state index is 15.7. The van der Waals surface area contributed by atoms with Crippen LogP contribution in [0.5, 0.6) is 0 Å². The SMILES string of the molecule is CC(=O)O[C@H]1O[C@H](COCc2ccccc2)[C@H](OCc2ccccc2)[C@H](OCc2ccccc2)[C@H]1F. The number of hydrogen-bond acceptors (Lipinski definition) is 6. The fraction of sp³-hybridized carbons (Fsp3) is 0.345. The topological polar surface area (TPSA) is 63.2 Å². The Kier molecular flexibility index (Phi) is 9.58. The zero-order chi connectivity index (χ0) is 25.2. The van der Waals surface area contributed by atoms with Gasteiger partial charge in [-0.3, -0.25) is 4.79 Å². The van der Waals surface area contributed by atoms with Gasteiger partial charge in [-0.15, -0.1) is 0 Å². The number of carbonyl (C=O) groups is 1. The van der Waals surface area contributed by atoms with Gasteiger partial charge < -0.3 is 23.7 Å².